The van der Waals surface area contributed by atoms with Crippen LogP contribution in [0.4, 0.5) is 0 Å². The highest BCUT2D eigenvalue weighted by molar-refractivity contribution is 4.94. The first-order chi connectivity index (χ1) is 6.85. The van der Waals surface area contributed by atoms with E-state index in [0.717, 1.165) is 25.7 Å². The van der Waals surface area contributed by atoms with Gasteiger partial charge in [-0.05, 0) is 44.6 Å². The van der Waals surface area contributed by atoms with Gasteiger partial charge in [-0.2, -0.15) is 0 Å². The van der Waals surface area contributed by atoms with Crippen LogP contribution in [-0.2, 0) is 4.74 Å². The van der Waals surface area contributed by atoms with Crippen molar-refractivity contribution < 1.29 is 4.74 Å². The van der Waals surface area contributed by atoms with Crippen LogP contribution in [0, 0.1) is 11.3 Å². The summed E-state index contributed by atoms with van der Waals surface area (Å²) in [5, 5.41) is 3.51. The number of hydrogen-bond donors (Lipinski definition) is 1. The van der Waals surface area contributed by atoms with Gasteiger partial charge < -0.3 is 10.1 Å². The molecule has 0 aromatic carbocycles. The second-order valence-corrected chi connectivity index (χ2v) is 5.14. The van der Waals surface area contributed by atoms with Crippen molar-refractivity contribution in [1.82, 2.24) is 5.32 Å². The van der Waals surface area contributed by atoms with E-state index in [-0.39, 0.29) is 0 Å². The summed E-state index contributed by atoms with van der Waals surface area (Å²) in [7, 11) is 0. The highest BCUT2D eigenvalue weighted by Crippen LogP contribution is 2.45. The zero-order valence-electron chi connectivity index (χ0n) is 9.35. The maximum atomic E-state index is 5.78. The third-order valence-corrected chi connectivity index (χ3v) is 3.34. The van der Waals surface area contributed by atoms with E-state index in [4.69, 9.17) is 4.74 Å². The van der Waals surface area contributed by atoms with Gasteiger partial charge in [0.15, 0.2) is 0 Å². The average molecular weight is 197 g/mol. The highest BCUT2D eigenvalue weighted by atomic mass is 16.5. The van der Waals surface area contributed by atoms with Gasteiger partial charge in [0.2, 0.25) is 0 Å². The van der Waals surface area contributed by atoms with Gasteiger partial charge in [0.25, 0.3) is 0 Å². The lowest BCUT2D eigenvalue weighted by molar-refractivity contribution is 0.0821. The van der Waals surface area contributed by atoms with Crippen molar-refractivity contribution in [1.29, 1.82) is 0 Å². The molecule has 0 heterocycles. The average Bonchev–Trinajstić information content (AvgIpc) is 3.03. The Kier molecular flexibility index (Phi) is 3.45. The van der Waals surface area contributed by atoms with E-state index >= 15 is 0 Å². The van der Waals surface area contributed by atoms with E-state index in [2.05, 4.69) is 12.2 Å². The quantitative estimate of drug-likeness (QED) is 0.602. The van der Waals surface area contributed by atoms with Gasteiger partial charge in [-0.25, -0.2) is 0 Å². The van der Waals surface area contributed by atoms with Crippen molar-refractivity contribution in [2.45, 2.75) is 39.0 Å². The molecule has 2 aliphatic carbocycles. The second-order valence-electron chi connectivity index (χ2n) is 5.14. The minimum absolute atomic E-state index is 0.532. The van der Waals surface area contributed by atoms with E-state index in [1.54, 1.807) is 0 Å². The lowest BCUT2D eigenvalue weighted by atomic mass is 10.1. The van der Waals surface area contributed by atoms with E-state index in [1.807, 2.05) is 0 Å². The number of hydrogen-bond acceptors (Lipinski definition) is 2. The third kappa shape index (κ3) is 3.25. The second kappa shape index (κ2) is 4.63. The van der Waals surface area contributed by atoms with Gasteiger partial charge in [0, 0.05) is 18.6 Å². The number of rotatable bonds is 8. The summed E-state index contributed by atoms with van der Waals surface area (Å²) in [4.78, 5) is 0. The predicted molar refractivity (Wildman–Crippen MR) is 58.4 cm³/mol. The molecule has 0 atom stereocenters. The van der Waals surface area contributed by atoms with E-state index in [9.17, 15) is 0 Å². The molecule has 2 rings (SSSR count). The van der Waals surface area contributed by atoms with Crippen LogP contribution in [-0.4, -0.2) is 26.3 Å². The van der Waals surface area contributed by atoms with Crippen molar-refractivity contribution >= 4 is 0 Å². The van der Waals surface area contributed by atoms with Crippen LogP contribution in [0.5, 0.6) is 0 Å². The molecule has 0 unspecified atom stereocenters. The molecular weight excluding hydrogens is 174 g/mol. The van der Waals surface area contributed by atoms with Crippen LogP contribution < -0.4 is 5.32 Å². The third-order valence-electron chi connectivity index (χ3n) is 3.34. The lowest BCUT2D eigenvalue weighted by Gasteiger charge is -2.15. The van der Waals surface area contributed by atoms with E-state index < -0.39 is 0 Å². The van der Waals surface area contributed by atoms with Crippen molar-refractivity contribution in [2.75, 3.05) is 26.3 Å². The van der Waals surface area contributed by atoms with Crippen LogP contribution in [0.15, 0.2) is 0 Å². The molecule has 0 radical (unpaired) electrons. The molecule has 0 bridgehead atoms. The first kappa shape index (κ1) is 10.4. The molecule has 0 saturated heterocycles. The van der Waals surface area contributed by atoms with Crippen LogP contribution in [0.2, 0.25) is 0 Å². The van der Waals surface area contributed by atoms with Gasteiger partial charge in [0.1, 0.15) is 0 Å². The number of ether oxygens (including phenoxy) is 1. The molecule has 0 aromatic rings. The van der Waals surface area contributed by atoms with E-state index in [0.29, 0.717) is 5.41 Å². The Morgan fingerprint density at radius 3 is 2.71 bits per heavy atom. The molecule has 2 fully saturated rings. The fraction of sp³-hybridized carbons (Fsp3) is 1.00. The predicted octanol–water partition coefficient (Wildman–Crippen LogP) is 2.19. The van der Waals surface area contributed by atoms with Gasteiger partial charge in [-0.15, -0.1) is 0 Å². The molecule has 2 nitrogen and oxygen atoms in total. The molecule has 82 valence electrons. The van der Waals surface area contributed by atoms with Gasteiger partial charge >= 0.3 is 0 Å². The Bertz CT molecular complexity index is 173. The van der Waals surface area contributed by atoms with Crippen LogP contribution in [0.1, 0.15) is 39.0 Å². The Morgan fingerprint density at radius 2 is 2.14 bits per heavy atom. The Hall–Kier alpha value is -0.0800. The standard InChI is InChI=1S/C12H23NO/c1-2-7-13-9-12(5-6-12)10-14-8-11-3-4-11/h11,13H,2-10H2,1H3. The molecule has 2 aliphatic rings. The van der Waals surface area contributed by atoms with Crippen molar-refractivity contribution in [2.24, 2.45) is 11.3 Å². The normalized spacial score (nSPS) is 23.8. The fourth-order valence-electron chi connectivity index (χ4n) is 1.81. The number of nitrogens with one attached hydrogen (secondary N) is 1. The summed E-state index contributed by atoms with van der Waals surface area (Å²) in [6, 6.07) is 0. The van der Waals surface area contributed by atoms with Gasteiger partial charge in [0.05, 0.1) is 6.61 Å². The van der Waals surface area contributed by atoms with Crippen molar-refractivity contribution in [3.8, 4) is 0 Å². The largest absolute Gasteiger partial charge is 0.381 e. The molecule has 0 aliphatic heterocycles. The topological polar surface area (TPSA) is 21.3 Å². The fourth-order valence-corrected chi connectivity index (χ4v) is 1.81. The first-order valence-corrected chi connectivity index (χ1v) is 6.13. The molecule has 0 spiro atoms. The van der Waals surface area contributed by atoms with Gasteiger partial charge in [-0.3, -0.25) is 0 Å². The SMILES string of the molecule is CCCNCC1(COCC2CC2)CC1. The molecular formula is C12H23NO. The lowest BCUT2D eigenvalue weighted by Crippen LogP contribution is -2.28. The first-order valence-electron chi connectivity index (χ1n) is 6.13. The minimum Gasteiger partial charge on any atom is -0.381 e. The maximum Gasteiger partial charge on any atom is 0.0534 e. The molecule has 1 N–H and O–H groups in total. The highest BCUT2D eigenvalue weighted by Gasteiger charge is 2.42. The Morgan fingerprint density at radius 1 is 1.36 bits per heavy atom. The smallest absolute Gasteiger partial charge is 0.0534 e. The summed E-state index contributed by atoms with van der Waals surface area (Å²) in [5.41, 5.74) is 0.532. The zero-order valence-corrected chi connectivity index (χ0v) is 9.35. The Balaban J connectivity index is 1.53. The molecule has 2 saturated carbocycles. The Labute approximate surface area is 87.4 Å². The summed E-state index contributed by atoms with van der Waals surface area (Å²) in [5.74, 6) is 0.911. The summed E-state index contributed by atoms with van der Waals surface area (Å²) in [6.45, 7) is 6.57. The van der Waals surface area contributed by atoms with E-state index in [1.165, 1.54) is 38.6 Å². The molecule has 0 amide bonds. The van der Waals surface area contributed by atoms with Crippen LogP contribution >= 0.6 is 0 Å². The van der Waals surface area contributed by atoms with Crippen molar-refractivity contribution in [3.05, 3.63) is 0 Å². The maximum absolute atomic E-state index is 5.78. The molecule has 2 heteroatoms. The van der Waals surface area contributed by atoms with Crippen LogP contribution in [0.25, 0.3) is 0 Å². The molecule has 14 heavy (non-hydrogen) atoms. The summed E-state index contributed by atoms with van der Waals surface area (Å²) in [6.07, 6.45) is 6.78. The molecule has 0 aromatic heterocycles. The zero-order chi connectivity index (χ0) is 9.86. The van der Waals surface area contributed by atoms with Gasteiger partial charge in [-0.1, -0.05) is 6.92 Å². The van der Waals surface area contributed by atoms with Crippen LogP contribution in [0.3, 0.4) is 0 Å². The summed E-state index contributed by atoms with van der Waals surface area (Å²) >= 11 is 0. The summed E-state index contributed by atoms with van der Waals surface area (Å²) < 4.78 is 5.78. The minimum atomic E-state index is 0.532. The monoisotopic (exact) mass is 197 g/mol. The van der Waals surface area contributed by atoms with Crippen molar-refractivity contribution in [3.63, 3.8) is 0 Å².